The Kier molecular flexibility index (Phi) is 4.42. The highest BCUT2D eigenvalue weighted by Crippen LogP contribution is 2.38. The second-order valence-corrected chi connectivity index (χ2v) is 5.82. The maximum absolute atomic E-state index is 9.59. The topological polar surface area (TPSA) is 55.7 Å². The van der Waals surface area contributed by atoms with Crippen molar-refractivity contribution in [2.24, 2.45) is 5.41 Å². The standard InChI is InChI=1S/C13H26N2O2/c1-2-14-9-13(5-3-4-6-13)10-15-7-11(16)12(17)8-15/h11-12,14,16-17H,2-10H2,1H3. The molecular formula is C13H26N2O2. The molecule has 3 N–H and O–H groups in total. The molecule has 0 amide bonds. The van der Waals surface area contributed by atoms with Crippen molar-refractivity contribution in [3.8, 4) is 0 Å². The summed E-state index contributed by atoms with van der Waals surface area (Å²) in [4.78, 5) is 2.23. The summed E-state index contributed by atoms with van der Waals surface area (Å²) in [6, 6.07) is 0. The van der Waals surface area contributed by atoms with Crippen LogP contribution in [0.5, 0.6) is 0 Å². The Bertz CT molecular complexity index is 232. The third-order valence-electron chi connectivity index (χ3n) is 4.31. The van der Waals surface area contributed by atoms with Crippen LogP contribution in [-0.2, 0) is 0 Å². The van der Waals surface area contributed by atoms with Gasteiger partial charge in [0.2, 0.25) is 0 Å². The van der Waals surface area contributed by atoms with Gasteiger partial charge in [-0.1, -0.05) is 19.8 Å². The molecule has 1 heterocycles. The van der Waals surface area contributed by atoms with Gasteiger partial charge in [-0.15, -0.1) is 0 Å². The normalized spacial score (nSPS) is 33.4. The molecule has 1 saturated carbocycles. The smallest absolute Gasteiger partial charge is 0.0938 e. The van der Waals surface area contributed by atoms with E-state index in [1.807, 2.05) is 0 Å². The van der Waals surface area contributed by atoms with Crippen LogP contribution in [0.15, 0.2) is 0 Å². The first-order chi connectivity index (χ1) is 8.15. The van der Waals surface area contributed by atoms with E-state index >= 15 is 0 Å². The van der Waals surface area contributed by atoms with Crippen LogP contribution >= 0.6 is 0 Å². The van der Waals surface area contributed by atoms with Crippen molar-refractivity contribution < 1.29 is 10.2 Å². The molecule has 2 unspecified atom stereocenters. The molecular weight excluding hydrogens is 216 g/mol. The van der Waals surface area contributed by atoms with E-state index in [2.05, 4.69) is 17.1 Å². The molecule has 4 heteroatoms. The van der Waals surface area contributed by atoms with Crippen molar-refractivity contribution in [2.75, 3.05) is 32.7 Å². The lowest BCUT2D eigenvalue weighted by Crippen LogP contribution is -2.42. The van der Waals surface area contributed by atoms with E-state index in [1.54, 1.807) is 0 Å². The second-order valence-electron chi connectivity index (χ2n) is 5.82. The van der Waals surface area contributed by atoms with Crippen molar-refractivity contribution in [1.82, 2.24) is 10.2 Å². The van der Waals surface area contributed by atoms with Gasteiger partial charge < -0.3 is 15.5 Å². The molecule has 1 saturated heterocycles. The van der Waals surface area contributed by atoms with Crippen LogP contribution in [0.2, 0.25) is 0 Å². The molecule has 100 valence electrons. The maximum Gasteiger partial charge on any atom is 0.0938 e. The van der Waals surface area contributed by atoms with Gasteiger partial charge in [0.25, 0.3) is 0 Å². The third-order valence-corrected chi connectivity index (χ3v) is 4.31. The Balaban J connectivity index is 1.89. The minimum atomic E-state index is -0.549. The van der Waals surface area contributed by atoms with E-state index in [-0.39, 0.29) is 0 Å². The van der Waals surface area contributed by atoms with Gasteiger partial charge >= 0.3 is 0 Å². The van der Waals surface area contributed by atoms with Crippen LogP contribution < -0.4 is 5.32 Å². The van der Waals surface area contributed by atoms with E-state index in [1.165, 1.54) is 25.7 Å². The van der Waals surface area contributed by atoms with E-state index in [0.717, 1.165) is 19.6 Å². The van der Waals surface area contributed by atoms with E-state index < -0.39 is 12.2 Å². The number of β-amino-alcohol motifs (C(OH)–C–C–N with tert-alkyl or cyclic N) is 2. The Morgan fingerprint density at radius 3 is 2.29 bits per heavy atom. The largest absolute Gasteiger partial charge is 0.389 e. The first kappa shape index (κ1) is 13.3. The van der Waals surface area contributed by atoms with Crippen molar-refractivity contribution in [3.63, 3.8) is 0 Å². The average molecular weight is 242 g/mol. The fraction of sp³-hybridized carbons (Fsp3) is 1.00. The number of nitrogens with one attached hydrogen (secondary N) is 1. The number of aliphatic hydroxyl groups excluding tert-OH is 2. The number of rotatable bonds is 5. The second kappa shape index (κ2) is 5.65. The maximum atomic E-state index is 9.59. The summed E-state index contributed by atoms with van der Waals surface area (Å²) in [5, 5.41) is 22.7. The highest BCUT2D eigenvalue weighted by molar-refractivity contribution is 4.93. The molecule has 2 rings (SSSR count). The van der Waals surface area contributed by atoms with Gasteiger partial charge in [0, 0.05) is 26.2 Å². The minimum absolute atomic E-state index is 0.375. The van der Waals surface area contributed by atoms with Crippen LogP contribution in [0.4, 0.5) is 0 Å². The molecule has 1 aliphatic heterocycles. The Labute approximate surface area is 104 Å². The summed E-state index contributed by atoms with van der Waals surface area (Å²) in [5.74, 6) is 0. The molecule has 0 aromatic rings. The molecule has 2 fully saturated rings. The van der Waals surface area contributed by atoms with Crippen molar-refractivity contribution in [3.05, 3.63) is 0 Å². The van der Waals surface area contributed by atoms with Crippen LogP contribution in [-0.4, -0.2) is 60.0 Å². The zero-order chi connectivity index (χ0) is 12.3. The number of nitrogens with zero attached hydrogens (tertiary/aromatic N) is 1. The Hall–Kier alpha value is -0.160. The fourth-order valence-corrected chi connectivity index (χ4v) is 3.36. The summed E-state index contributed by atoms with van der Waals surface area (Å²) in [7, 11) is 0. The van der Waals surface area contributed by atoms with Gasteiger partial charge in [-0.05, 0) is 24.8 Å². The quantitative estimate of drug-likeness (QED) is 0.644. The van der Waals surface area contributed by atoms with Crippen LogP contribution in [0, 0.1) is 5.41 Å². The summed E-state index contributed by atoms with van der Waals surface area (Å²) in [6.07, 6.45) is 4.11. The predicted molar refractivity (Wildman–Crippen MR) is 67.9 cm³/mol. The molecule has 1 aliphatic carbocycles. The summed E-state index contributed by atoms with van der Waals surface area (Å²) < 4.78 is 0. The molecule has 2 atom stereocenters. The number of likely N-dealkylation sites (tertiary alicyclic amines) is 1. The molecule has 0 bridgehead atoms. The summed E-state index contributed by atoms with van der Waals surface area (Å²) in [6.45, 7) is 6.53. The minimum Gasteiger partial charge on any atom is -0.389 e. The molecule has 0 aromatic heterocycles. The third kappa shape index (κ3) is 3.19. The molecule has 0 radical (unpaired) electrons. The van der Waals surface area contributed by atoms with E-state index in [9.17, 15) is 10.2 Å². The van der Waals surface area contributed by atoms with Crippen molar-refractivity contribution in [1.29, 1.82) is 0 Å². The molecule has 4 nitrogen and oxygen atoms in total. The zero-order valence-electron chi connectivity index (χ0n) is 10.9. The number of aliphatic hydroxyl groups is 2. The first-order valence-corrected chi connectivity index (χ1v) is 6.94. The lowest BCUT2D eigenvalue weighted by molar-refractivity contribution is 0.0572. The monoisotopic (exact) mass is 242 g/mol. The van der Waals surface area contributed by atoms with E-state index in [4.69, 9.17) is 0 Å². The lowest BCUT2D eigenvalue weighted by Gasteiger charge is -2.33. The van der Waals surface area contributed by atoms with Crippen LogP contribution in [0.25, 0.3) is 0 Å². The molecule has 2 aliphatic rings. The lowest BCUT2D eigenvalue weighted by atomic mass is 9.85. The predicted octanol–water partition coefficient (Wildman–Crippen LogP) is 0.194. The number of hydrogen-bond donors (Lipinski definition) is 3. The van der Waals surface area contributed by atoms with E-state index in [0.29, 0.717) is 18.5 Å². The van der Waals surface area contributed by atoms with Crippen LogP contribution in [0.3, 0.4) is 0 Å². The van der Waals surface area contributed by atoms with Gasteiger partial charge in [0.05, 0.1) is 12.2 Å². The van der Waals surface area contributed by atoms with Gasteiger partial charge in [-0.3, -0.25) is 4.90 Å². The summed E-state index contributed by atoms with van der Waals surface area (Å²) in [5.41, 5.74) is 0.375. The highest BCUT2D eigenvalue weighted by atomic mass is 16.3. The van der Waals surface area contributed by atoms with Crippen LogP contribution in [0.1, 0.15) is 32.6 Å². The van der Waals surface area contributed by atoms with Gasteiger partial charge in [-0.25, -0.2) is 0 Å². The molecule has 0 spiro atoms. The molecule has 17 heavy (non-hydrogen) atoms. The molecule has 0 aromatic carbocycles. The zero-order valence-corrected chi connectivity index (χ0v) is 10.9. The SMILES string of the molecule is CCNCC1(CN2CC(O)C(O)C2)CCCC1. The van der Waals surface area contributed by atoms with Crippen molar-refractivity contribution >= 4 is 0 Å². The van der Waals surface area contributed by atoms with Gasteiger partial charge in [0.15, 0.2) is 0 Å². The fourth-order valence-electron chi connectivity index (χ4n) is 3.36. The average Bonchev–Trinajstić information content (AvgIpc) is 2.86. The van der Waals surface area contributed by atoms with Gasteiger partial charge in [0.1, 0.15) is 0 Å². The summed E-state index contributed by atoms with van der Waals surface area (Å²) >= 11 is 0. The van der Waals surface area contributed by atoms with Gasteiger partial charge in [-0.2, -0.15) is 0 Å². The number of hydrogen-bond acceptors (Lipinski definition) is 4. The first-order valence-electron chi connectivity index (χ1n) is 6.94. The Morgan fingerprint density at radius 1 is 1.18 bits per heavy atom. The van der Waals surface area contributed by atoms with Crippen molar-refractivity contribution in [2.45, 2.75) is 44.8 Å². The highest BCUT2D eigenvalue weighted by Gasteiger charge is 2.38. The Morgan fingerprint density at radius 2 is 1.76 bits per heavy atom.